The van der Waals surface area contributed by atoms with Gasteiger partial charge in [-0.2, -0.15) is 0 Å². The van der Waals surface area contributed by atoms with Crippen LogP contribution < -0.4 is 0 Å². The summed E-state index contributed by atoms with van der Waals surface area (Å²) in [6.45, 7) is 0.961. The van der Waals surface area contributed by atoms with E-state index in [1.165, 1.54) is 39.9 Å². The van der Waals surface area contributed by atoms with Crippen molar-refractivity contribution in [1.29, 1.82) is 0 Å². The summed E-state index contributed by atoms with van der Waals surface area (Å²) in [5.41, 5.74) is 6.17. The zero-order valence-corrected chi connectivity index (χ0v) is 11.3. The summed E-state index contributed by atoms with van der Waals surface area (Å²) in [5, 5.41) is 1.28. The molecule has 4 rings (SSSR count). The van der Waals surface area contributed by atoms with Gasteiger partial charge in [-0.25, -0.2) is 0 Å². The summed E-state index contributed by atoms with van der Waals surface area (Å²) < 4.78 is 0. The van der Waals surface area contributed by atoms with E-state index in [4.69, 9.17) is 4.99 Å². The van der Waals surface area contributed by atoms with Gasteiger partial charge in [-0.1, -0.05) is 48.5 Å². The maximum atomic E-state index is 4.71. The molecule has 0 bridgehead atoms. The van der Waals surface area contributed by atoms with Gasteiger partial charge in [0.05, 0.1) is 5.69 Å². The predicted molar refractivity (Wildman–Crippen MR) is 84.4 cm³/mol. The van der Waals surface area contributed by atoms with Crippen molar-refractivity contribution in [3.05, 3.63) is 60.2 Å². The van der Waals surface area contributed by atoms with Gasteiger partial charge in [0.15, 0.2) is 0 Å². The normalized spacial score (nSPS) is 14.7. The molecule has 2 aromatic carbocycles. The van der Waals surface area contributed by atoms with Gasteiger partial charge >= 0.3 is 0 Å². The standard InChI is InChI=1S/C18H16N2/c1-2-7-13(8-3-1)18-17(16-11-6-12-19-16)14-9-4-5-10-15(14)20-18/h1-5,7-10,20H,6,11-12H2. The third-order valence-electron chi connectivity index (χ3n) is 3.93. The molecule has 0 saturated carbocycles. The number of para-hydroxylation sites is 1. The number of benzene rings is 2. The molecular formula is C18H16N2. The molecule has 1 aliphatic rings. The number of aromatic nitrogens is 1. The molecule has 0 unspecified atom stereocenters. The maximum absolute atomic E-state index is 4.71. The average Bonchev–Trinajstić information content (AvgIpc) is 3.14. The first-order valence-corrected chi connectivity index (χ1v) is 7.13. The highest BCUT2D eigenvalue weighted by Gasteiger charge is 2.19. The fourth-order valence-corrected chi connectivity index (χ4v) is 3.01. The number of aliphatic imine (C=N–C) groups is 1. The number of nitrogens with zero attached hydrogens (tertiary/aromatic N) is 1. The van der Waals surface area contributed by atoms with Crippen LogP contribution in [0.1, 0.15) is 18.4 Å². The Morgan fingerprint density at radius 1 is 0.900 bits per heavy atom. The zero-order valence-electron chi connectivity index (χ0n) is 11.3. The minimum absolute atomic E-state index is 0.961. The van der Waals surface area contributed by atoms with Gasteiger partial charge in [0.1, 0.15) is 0 Å². The Bertz CT molecular complexity index is 782. The van der Waals surface area contributed by atoms with Crippen LogP contribution in [0.3, 0.4) is 0 Å². The Hall–Kier alpha value is -2.35. The van der Waals surface area contributed by atoms with Crippen molar-refractivity contribution in [2.45, 2.75) is 12.8 Å². The summed E-state index contributed by atoms with van der Waals surface area (Å²) in [4.78, 5) is 8.29. The van der Waals surface area contributed by atoms with Crippen LogP contribution in [0, 0.1) is 0 Å². The van der Waals surface area contributed by atoms with Gasteiger partial charge in [-0.3, -0.25) is 4.99 Å². The average molecular weight is 260 g/mol. The van der Waals surface area contributed by atoms with Crippen molar-refractivity contribution in [2.75, 3.05) is 6.54 Å². The van der Waals surface area contributed by atoms with Crippen LogP contribution in [0.2, 0.25) is 0 Å². The largest absolute Gasteiger partial charge is 0.354 e. The summed E-state index contributed by atoms with van der Waals surface area (Å²) in [6.07, 6.45) is 2.25. The molecule has 2 nitrogen and oxygen atoms in total. The molecule has 0 radical (unpaired) electrons. The summed E-state index contributed by atoms with van der Waals surface area (Å²) >= 11 is 0. The minimum Gasteiger partial charge on any atom is -0.354 e. The van der Waals surface area contributed by atoms with Gasteiger partial charge in [0.25, 0.3) is 0 Å². The van der Waals surface area contributed by atoms with Crippen LogP contribution in [-0.2, 0) is 0 Å². The molecule has 0 atom stereocenters. The molecule has 0 spiro atoms. The van der Waals surface area contributed by atoms with Crippen LogP contribution in [0.5, 0.6) is 0 Å². The monoisotopic (exact) mass is 260 g/mol. The Balaban J connectivity index is 2.02. The van der Waals surface area contributed by atoms with Gasteiger partial charge in [-0.15, -0.1) is 0 Å². The smallest absolute Gasteiger partial charge is 0.0556 e. The first-order chi connectivity index (χ1) is 9.93. The van der Waals surface area contributed by atoms with E-state index in [2.05, 4.69) is 59.6 Å². The third kappa shape index (κ3) is 1.76. The van der Waals surface area contributed by atoms with E-state index in [0.717, 1.165) is 13.0 Å². The van der Waals surface area contributed by atoms with Gasteiger partial charge in [0.2, 0.25) is 0 Å². The fraction of sp³-hybridized carbons (Fsp3) is 0.167. The second-order valence-corrected chi connectivity index (χ2v) is 5.22. The number of fused-ring (bicyclic) bond motifs is 1. The van der Waals surface area contributed by atoms with Gasteiger partial charge in [-0.05, 0) is 24.5 Å². The molecule has 98 valence electrons. The van der Waals surface area contributed by atoms with Crippen LogP contribution >= 0.6 is 0 Å². The van der Waals surface area contributed by atoms with Gasteiger partial charge < -0.3 is 4.98 Å². The molecule has 1 aromatic heterocycles. The van der Waals surface area contributed by atoms with Crippen molar-refractivity contribution in [3.63, 3.8) is 0 Å². The SMILES string of the molecule is c1ccc(-c2[nH]c3ccccc3c2C2=NCCC2)cc1. The topological polar surface area (TPSA) is 28.1 Å². The first-order valence-electron chi connectivity index (χ1n) is 7.13. The van der Waals surface area contributed by atoms with Crippen molar-refractivity contribution in [2.24, 2.45) is 4.99 Å². The highest BCUT2D eigenvalue weighted by Crippen LogP contribution is 2.32. The lowest BCUT2D eigenvalue weighted by Crippen LogP contribution is -1.97. The molecule has 2 heterocycles. The van der Waals surface area contributed by atoms with E-state index in [9.17, 15) is 0 Å². The Labute approximate surface area is 118 Å². The quantitative estimate of drug-likeness (QED) is 0.706. The molecule has 0 saturated heterocycles. The molecular weight excluding hydrogens is 244 g/mol. The highest BCUT2D eigenvalue weighted by atomic mass is 14.8. The lowest BCUT2D eigenvalue weighted by molar-refractivity contribution is 0.951. The highest BCUT2D eigenvalue weighted by molar-refractivity contribution is 6.16. The maximum Gasteiger partial charge on any atom is 0.0556 e. The summed E-state index contributed by atoms with van der Waals surface area (Å²) in [7, 11) is 0. The minimum atomic E-state index is 0.961. The Kier molecular flexibility index (Phi) is 2.66. The van der Waals surface area contributed by atoms with E-state index in [0.29, 0.717) is 0 Å². The number of rotatable bonds is 2. The van der Waals surface area contributed by atoms with Crippen molar-refractivity contribution in [1.82, 2.24) is 4.98 Å². The molecule has 20 heavy (non-hydrogen) atoms. The van der Waals surface area contributed by atoms with Crippen LogP contribution in [-0.4, -0.2) is 17.2 Å². The number of nitrogens with one attached hydrogen (secondary N) is 1. The predicted octanol–water partition coefficient (Wildman–Crippen LogP) is 4.42. The molecule has 0 aliphatic carbocycles. The molecule has 2 heteroatoms. The van der Waals surface area contributed by atoms with Crippen LogP contribution in [0.15, 0.2) is 59.6 Å². The van der Waals surface area contributed by atoms with E-state index in [1.54, 1.807) is 0 Å². The van der Waals surface area contributed by atoms with Crippen molar-refractivity contribution < 1.29 is 0 Å². The number of hydrogen-bond donors (Lipinski definition) is 1. The second kappa shape index (κ2) is 4.64. The van der Waals surface area contributed by atoms with Crippen LogP contribution in [0.4, 0.5) is 0 Å². The molecule has 1 aliphatic heterocycles. The molecule has 0 fully saturated rings. The molecule has 0 amide bonds. The lowest BCUT2D eigenvalue weighted by Gasteiger charge is -2.05. The zero-order chi connectivity index (χ0) is 13.4. The molecule has 1 N–H and O–H groups in total. The summed E-state index contributed by atoms with van der Waals surface area (Å²) in [5.74, 6) is 0. The lowest BCUT2D eigenvalue weighted by atomic mass is 10.00. The van der Waals surface area contributed by atoms with E-state index in [-0.39, 0.29) is 0 Å². The van der Waals surface area contributed by atoms with E-state index >= 15 is 0 Å². The fourth-order valence-electron chi connectivity index (χ4n) is 3.01. The Morgan fingerprint density at radius 2 is 1.70 bits per heavy atom. The Morgan fingerprint density at radius 3 is 2.50 bits per heavy atom. The van der Waals surface area contributed by atoms with E-state index in [1.807, 2.05) is 0 Å². The third-order valence-corrected chi connectivity index (χ3v) is 3.93. The number of aromatic amines is 1. The molecule has 3 aromatic rings. The number of H-pyrrole nitrogens is 1. The summed E-state index contributed by atoms with van der Waals surface area (Å²) in [6, 6.07) is 19.0. The second-order valence-electron chi connectivity index (χ2n) is 5.22. The first kappa shape index (κ1) is 11.5. The van der Waals surface area contributed by atoms with Gasteiger partial charge in [0, 0.05) is 28.7 Å². The van der Waals surface area contributed by atoms with Crippen molar-refractivity contribution in [3.8, 4) is 11.3 Å². The van der Waals surface area contributed by atoms with Crippen molar-refractivity contribution >= 4 is 16.6 Å². The van der Waals surface area contributed by atoms with E-state index < -0.39 is 0 Å². The number of hydrogen-bond acceptors (Lipinski definition) is 1. The van der Waals surface area contributed by atoms with Crippen LogP contribution in [0.25, 0.3) is 22.2 Å².